The summed E-state index contributed by atoms with van der Waals surface area (Å²) in [5.41, 5.74) is 0.301. The normalized spacial score (nSPS) is 23.8. The summed E-state index contributed by atoms with van der Waals surface area (Å²) < 4.78 is 42.6. The van der Waals surface area contributed by atoms with Crippen LogP contribution in [-0.4, -0.2) is 32.4 Å². The number of nitrogens with zero attached hydrogens (tertiary/aromatic N) is 3. The molecule has 2 aliphatic heterocycles. The first-order valence-corrected chi connectivity index (χ1v) is 11.8. The lowest BCUT2D eigenvalue weighted by atomic mass is 9.79. The zero-order valence-corrected chi connectivity index (χ0v) is 19.7. The highest BCUT2D eigenvalue weighted by molar-refractivity contribution is 6.30. The fraction of sp³-hybridized carbons (Fsp3) is 0.385. The zero-order valence-electron chi connectivity index (χ0n) is 18.9. The molecule has 1 aromatic heterocycles. The molecular weight excluding hydrogens is 463 g/mol. The number of hydrogen-bond acceptors (Lipinski definition) is 2. The van der Waals surface area contributed by atoms with E-state index in [2.05, 4.69) is 4.98 Å². The van der Waals surface area contributed by atoms with E-state index in [0.29, 0.717) is 17.0 Å². The monoisotopic (exact) mass is 487 g/mol. The molecule has 0 bridgehead atoms. The molecule has 178 valence electrons. The van der Waals surface area contributed by atoms with E-state index in [1.54, 1.807) is 28.8 Å². The van der Waals surface area contributed by atoms with Crippen LogP contribution in [0.25, 0.3) is 11.4 Å². The minimum atomic E-state index is -4.58. The van der Waals surface area contributed by atoms with Crippen LogP contribution in [0, 0.1) is 0 Å². The Hall–Kier alpha value is -2.80. The topological polar surface area (TPSA) is 38.1 Å². The van der Waals surface area contributed by atoms with E-state index in [1.807, 2.05) is 43.0 Å². The molecule has 0 N–H and O–H groups in total. The van der Waals surface area contributed by atoms with Gasteiger partial charge >= 0.3 is 6.18 Å². The third-order valence-electron chi connectivity index (χ3n) is 7.28. The lowest BCUT2D eigenvalue weighted by Gasteiger charge is -2.35. The second-order valence-electron chi connectivity index (χ2n) is 9.31. The minimum Gasteiger partial charge on any atom is -0.337 e. The van der Waals surface area contributed by atoms with Crippen LogP contribution in [-0.2, 0) is 16.5 Å². The maximum Gasteiger partial charge on any atom is 0.434 e. The highest BCUT2D eigenvalue weighted by Gasteiger charge is 2.48. The van der Waals surface area contributed by atoms with Crippen LogP contribution in [0.1, 0.15) is 56.4 Å². The maximum atomic E-state index is 13.7. The highest BCUT2D eigenvalue weighted by Crippen LogP contribution is 2.51. The van der Waals surface area contributed by atoms with Crippen molar-refractivity contribution in [1.29, 1.82) is 0 Å². The number of aromatic nitrogens is 2. The molecule has 3 aromatic rings. The number of amides is 1. The number of imidazole rings is 1. The average molecular weight is 488 g/mol. The Morgan fingerprint density at radius 1 is 1.09 bits per heavy atom. The molecule has 34 heavy (non-hydrogen) atoms. The second kappa shape index (κ2) is 8.15. The number of carbonyl (C=O) groups excluding carboxylic acids is 1. The second-order valence-corrected chi connectivity index (χ2v) is 9.74. The molecule has 2 aromatic carbocycles. The number of rotatable bonds is 4. The zero-order chi connectivity index (χ0) is 24.3. The van der Waals surface area contributed by atoms with Crippen LogP contribution in [0.3, 0.4) is 0 Å². The van der Waals surface area contributed by atoms with Gasteiger partial charge in [0.2, 0.25) is 5.91 Å². The molecule has 2 aliphatic rings. The van der Waals surface area contributed by atoms with Gasteiger partial charge in [0.05, 0.1) is 5.54 Å². The summed E-state index contributed by atoms with van der Waals surface area (Å²) in [4.78, 5) is 19.2. The summed E-state index contributed by atoms with van der Waals surface area (Å²) >= 11 is 6.15. The maximum absolute atomic E-state index is 13.7. The van der Waals surface area contributed by atoms with Crippen molar-refractivity contribution in [2.75, 3.05) is 0 Å². The van der Waals surface area contributed by atoms with Gasteiger partial charge in [-0.2, -0.15) is 13.2 Å². The van der Waals surface area contributed by atoms with Gasteiger partial charge in [0.15, 0.2) is 5.69 Å². The van der Waals surface area contributed by atoms with E-state index in [9.17, 15) is 18.0 Å². The highest BCUT2D eigenvalue weighted by atomic mass is 35.5. The van der Waals surface area contributed by atoms with E-state index < -0.39 is 17.4 Å². The number of fused-ring (bicyclic) bond motifs is 3. The summed E-state index contributed by atoms with van der Waals surface area (Å²) in [6.45, 7) is 4.09. The number of halogens is 4. The van der Waals surface area contributed by atoms with E-state index in [-0.39, 0.29) is 30.2 Å². The molecule has 0 saturated carbocycles. The van der Waals surface area contributed by atoms with Gasteiger partial charge in [0.25, 0.3) is 0 Å². The quantitative estimate of drug-likeness (QED) is 0.421. The van der Waals surface area contributed by atoms with Gasteiger partial charge in [-0.1, -0.05) is 48.0 Å². The molecular formula is C26H25ClF3N3O. The van der Waals surface area contributed by atoms with Gasteiger partial charge in [-0.25, -0.2) is 4.98 Å². The van der Waals surface area contributed by atoms with Crippen LogP contribution < -0.4 is 0 Å². The Morgan fingerprint density at radius 3 is 2.38 bits per heavy atom. The van der Waals surface area contributed by atoms with Crippen LogP contribution >= 0.6 is 11.6 Å². The number of hydrogen-bond donors (Lipinski definition) is 0. The molecule has 3 heterocycles. The van der Waals surface area contributed by atoms with Gasteiger partial charge in [-0.05, 0) is 56.4 Å². The summed E-state index contributed by atoms with van der Waals surface area (Å²) in [5.74, 6) is 0.279. The third-order valence-corrected chi connectivity index (χ3v) is 7.54. The summed E-state index contributed by atoms with van der Waals surface area (Å²) in [6.07, 6.45) is -1.08. The molecule has 0 spiro atoms. The fourth-order valence-electron chi connectivity index (χ4n) is 5.69. The minimum absolute atomic E-state index is 0.0212. The van der Waals surface area contributed by atoms with Gasteiger partial charge in [-0.15, -0.1) is 0 Å². The molecule has 1 amide bonds. The van der Waals surface area contributed by atoms with Crippen LogP contribution in [0.2, 0.25) is 5.02 Å². The molecule has 0 radical (unpaired) electrons. The van der Waals surface area contributed by atoms with Gasteiger partial charge < -0.3 is 9.47 Å². The molecule has 1 fully saturated rings. The smallest absolute Gasteiger partial charge is 0.337 e. The van der Waals surface area contributed by atoms with Crippen molar-refractivity contribution in [2.45, 2.75) is 63.3 Å². The van der Waals surface area contributed by atoms with Crippen molar-refractivity contribution < 1.29 is 18.0 Å². The molecule has 0 aliphatic carbocycles. The third kappa shape index (κ3) is 3.52. The molecule has 8 heteroatoms. The SMILES string of the molecule is CC1CCC(C)N1C(=O)CCC1(c2ccc(Cl)cc2)c2ccccc2-c2nc(C(F)(F)F)cn21. The first-order valence-electron chi connectivity index (χ1n) is 11.5. The Morgan fingerprint density at radius 2 is 1.74 bits per heavy atom. The number of benzene rings is 2. The first kappa shape index (κ1) is 23.0. The van der Waals surface area contributed by atoms with Crippen molar-refractivity contribution in [2.24, 2.45) is 0 Å². The van der Waals surface area contributed by atoms with E-state index in [1.165, 1.54) is 0 Å². The Labute approximate surface area is 201 Å². The van der Waals surface area contributed by atoms with Crippen molar-refractivity contribution in [3.63, 3.8) is 0 Å². The standard InChI is InChI=1S/C26H25ClF3N3O/c1-16-7-8-17(2)33(16)23(34)13-14-25(18-9-11-19(27)12-10-18)21-6-4-3-5-20(21)24-31-22(15-32(24)25)26(28,29)30/h3-6,9-12,15-17H,7-8,13-14H2,1-2H3. The average Bonchev–Trinajstić information content (AvgIpc) is 3.45. The van der Waals surface area contributed by atoms with Crippen LogP contribution in [0.5, 0.6) is 0 Å². The summed E-state index contributed by atoms with van der Waals surface area (Å²) in [6, 6.07) is 14.8. The van der Waals surface area contributed by atoms with Gasteiger partial charge in [-0.3, -0.25) is 4.79 Å². The van der Waals surface area contributed by atoms with E-state index in [0.717, 1.165) is 30.2 Å². The molecule has 3 atom stereocenters. The molecule has 5 rings (SSSR count). The lowest BCUT2D eigenvalue weighted by molar-refractivity contribution is -0.141. The fourth-order valence-corrected chi connectivity index (χ4v) is 5.82. The van der Waals surface area contributed by atoms with Crippen LogP contribution in [0.15, 0.2) is 54.7 Å². The van der Waals surface area contributed by atoms with Crippen molar-refractivity contribution >= 4 is 17.5 Å². The van der Waals surface area contributed by atoms with Gasteiger partial charge in [0, 0.05) is 35.3 Å². The molecule has 4 nitrogen and oxygen atoms in total. The molecule has 1 saturated heterocycles. The first-order chi connectivity index (χ1) is 16.1. The lowest BCUT2D eigenvalue weighted by Crippen LogP contribution is -2.40. The number of likely N-dealkylation sites (tertiary alicyclic amines) is 1. The van der Waals surface area contributed by atoms with Crippen molar-refractivity contribution in [3.8, 4) is 11.4 Å². The van der Waals surface area contributed by atoms with Crippen LogP contribution in [0.4, 0.5) is 13.2 Å². The van der Waals surface area contributed by atoms with Crippen molar-refractivity contribution in [3.05, 3.63) is 76.6 Å². The van der Waals surface area contributed by atoms with E-state index in [4.69, 9.17) is 11.6 Å². The predicted molar refractivity (Wildman–Crippen MR) is 125 cm³/mol. The Bertz CT molecular complexity index is 1230. The van der Waals surface area contributed by atoms with Crippen molar-refractivity contribution in [1.82, 2.24) is 14.5 Å². The Kier molecular flexibility index (Phi) is 5.51. The largest absolute Gasteiger partial charge is 0.434 e. The predicted octanol–water partition coefficient (Wildman–Crippen LogP) is 6.51. The summed E-state index contributed by atoms with van der Waals surface area (Å²) in [7, 11) is 0. The number of carbonyl (C=O) groups is 1. The van der Waals surface area contributed by atoms with E-state index >= 15 is 0 Å². The Balaban J connectivity index is 1.66. The number of alkyl halides is 3. The van der Waals surface area contributed by atoms with Gasteiger partial charge in [0.1, 0.15) is 5.82 Å². The summed E-state index contributed by atoms with van der Waals surface area (Å²) in [5, 5.41) is 0.530. The molecule has 3 unspecified atom stereocenters.